The molecule has 2 rings (SSSR count). The first-order valence-electron chi connectivity index (χ1n) is 5.22. The maximum Gasteiger partial charge on any atom is 0.166 e. The summed E-state index contributed by atoms with van der Waals surface area (Å²) in [7, 11) is 0. The van der Waals surface area contributed by atoms with Gasteiger partial charge in [0.15, 0.2) is 5.16 Å². The monoisotopic (exact) mass is 239 g/mol. The molecule has 0 spiro atoms. The lowest BCUT2D eigenvalue weighted by molar-refractivity contribution is 0.629. The first-order chi connectivity index (χ1) is 7.69. The van der Waals surface area contributed by atoms with Crippen molar-refractivity contribution < 1.29 is 4.39 Å². The van der Waals surface area contributed by atoms with Crippen LogP contribution in [-0.2, 0) is 0 Å². The van der Waals surface area contributed by atoms with Crippen molar-refractivity contribution in [2.24, 2.45) is 5.73 Å². The molecule has 1 aromatic heterocycles. The number of aromatic nitrogens is 2. The molecule has 0 fully saturated rings. The number of nitrogens with zero attached hydrogens (tertiary/aromatic N) is 1. The molecular weight excluding hydrogens is 225 g/mol. The molecule has 86 valence electrons. The van der Waals surface area contributed by atoms with Crippen LogP contribution < -0.4 is 5.73 Å². The minimum atomic E-state index is -0.252. The van der Waals surface area contributed by atoms with E-state index in [1.54, 1.807) is 17.8 Å². The molecule has 0 radical (unpaired) electrons. The third-order valence-electron chi connectivity index (χ3n) is 2.38. The average Bonchev–Trinajstić information content (AvgIpc) is 2.67. The molecule has 1 atom stereocenters. The maximum atomic E-state index is 12.9. The number of nitrogens with two attached hydrogens (primary N) is 1. The smallest absolute Gasteiger partial charge is 0.166 e. The van der Waals surface area contributed by atoms with Gasteiger partial charge in [-0.3, -0.25) is 0 Å². The summed E-state index contributed by atoms with van der Waals surface area (Å²) in [5, 5.41) is 0.796. The number of imidazole rings is 1. The van der Waals surface area contributed by atoms with Crippen LogP contribution >= 0.6 is 11.8 Å². The number of hydrogen-bond acceptors (Lipinski definition) is 3. The molecule has 0 saturated carbocycles. The van der Waals surface area contributed by atoms with Gasteiger partial charge >= 0.3 is 0 Å². The summed E-state index contributed by atoms with van der Waals surface area (Å²) in [6, 6.07) is 4.71. The average molecular weight is 239 g/mol. The van der Waals surface area contributed by atoms with Crippen LogP contribution in [0.1, 0.15) is 13.3 Å². The van der Waals surface area contributed by atoms with Gasteiger partial charge in [-0.15, -0.1) is 0 Å². The molecule has 3 N–H and O–H groups in total. The molecule has 1 unspecified atom stereocenters. The van der Waals surface area contributed by atoms with Crippen LogP contribution in [0.5, 0.6) is 0 Å². The Balaban J connectivity index is 2.13. The summed E-state index contributed by atoms with van der Waals surface area (Å²) in [6.45, 7) is 2.05. The van der Waals surface area contributed by atoms with Gasteiger partial charge in [-0.2, -0.15) is 0 Å². The van der Waals surface area contributed by atoms with Gasteiger partial charge in [0.2, 0.25) is 0 Å². The first-order valence-corrected chi connectivity index (χ1v) is 6.21. The number of fused-ring (bicyclic) bond motifs is 1. The number of halogens is 1. The number of nitrogens with one attached hydrogen (secondary N) is 1. The van der Waals surface area contributed by atoms with Crippen LogP contribution in [0.3, 0.4) is 0 Å². The van der Waals surface area contributed by atoms with E-state index in [4.69, 9.17) is 5.73 Å². The highest BCUT2D eigenvalue weighted by molar-refractivity contribution is 7.99. The van der Waals surface area contributed by atoms with Gasteiger partial charge in [-0.1, -0.05) is 18.7 Å². The van der Waals surface area contributed by atoms with E-state index in [1.165, 1.54) is 12.1 Å². The number of thioether (sulfide) groups is 1. The Bertz CT molecular complexity index is 483. The van der Waals surface area contributed by atoms with E-state index < -0.39 is 0 Å². The van der Waals surface area contributed by atoms with Crippen molar-refractivity contribution in [2.45, 2.75) is 24.5 Å². The van der Waals surface area contributed by atoms with Crippen molar-refractivity contribution in [3.05, 3.63) is 24.0 Å². The molecule has 0 bridgehead atoms. The fourth-order valence-electron chi connectivity index (χ4n) is 1.33. The molecular formula is C11H14FN3S. The summed E-state index contributed by atoms with van der Waals surface area (Å²) < 4.78 is 12.9. The van der Waals surface area contributed by atoms with Gasteiger partial charge < -0.3 is 10.7 Å². The summed E-state index contributed by atoms with van der Waals surface area (Å²) in [5.41, 5.74) is 7.33. The van der Waals surface area contributed by atoms with Gasteiger partial charge in [0.05, 0.1) is 11.0 Å². The zero-order valence-electron chi connectivity index (χ0n) is 9.03. The van der Waals surface area contributed by atoms with Crippen molar-refractivity contribution in [2.75, 3.05) is 5.75 Å². The Morgan fingerprint density at radius 1 is 1.56 bits per heavy atom. The van der Waals surface area contributed by atoms with Crippen molar-refractivity contribution >= 4 is 22.8 Å². The predicted octanol–water partition coefficient (Wildman–Crippen LogP) is 2.53. The van der Waals surface area contributed by atoms with Crippen molar-refractivity contribution in [1.82, 2.24) is 9.97 Å². The van der Waals surface area contributed by atoms with Gasteiger partial charge in [0.25, 0.3) is 0 Å². The highest BCUT2D eigenvalue weighted by Crippen LogP contribution is 2.20. The second kappa shape index (κ2) is 4.84. The van der Waals surface area contributed by atoms with Crippen LogP contribution in [-0.4, -0.2) is 21.8 Å². The van der Waals surface area contributed by atoms with E-state index in [-0.39, 0.29) is 11.9 Å². The van der Waals surface area contributed by atoms with Crippen molar-refractivity contribution in [3.63, 3.8) is 0 Å². The molecule has 1 heterocycles. The molecule has 2 aromatic rings. The van der Waals surface area contributed by atoms with Crippen LogP contribution in [0.15, 0.2) is 23.4 Å². The predicted molar refractivity (Wildman–Crippen MR) is 65.0 cm³/mol. The molecule has 0 saturated heterocycles. The number of benzene rings is 1. The number of H-pyrrole nitrogens is 1. The van der Waals surface area contributed by atoms with Crippen molar-refractivity contribution in [3.8, 4) is 0 Å². The second-order valence-corrected chi connectivity index (χ2v) is 4.69. The Morgan fingerprint density at radius 2 is 2.38 bits per heavy atom. The lowest BCUT2D eigenvalue weighted by Crippen LogP contribution is -2.21. The lowest BCUT2D eigenvalue weighted by atomic mass is 10.3. The quantitative estimate of drug-likeness (QED) is 0.806. The van der Waals surface area contributed by atoms with E-state index in [0.717, 1.165) is 28.4 Å². The fraction of sp³-hybridized carbons (Fsp3) is 0.364. The molecule has 5 heteroatoms. The van der Waals surface area contributed by atoms with Crippen LogP contribution in [0.25, 0.3) is 11.0 Å². The Morgan fingerprint density at radius 3 is 3.12 bits per heavy atom. The summed E-state index contributed by atoms with van der Waals surface area (Å²) >= 11 is 1.57. The highest BCUT2D eigenvalue weighted by Gasteiger charge is 2.06. The van der Waals surface area contributed by atoms with E-state index in [2.05, 4.69) is 16.9 Å². The molecule has 16 heavy (non-hydrogen) atoms. The number of aromatic amines is 1. The standard InChI is InChI=1S/C11H14FN3S/c1-2-8(13)6-16-11-14-9-4-3-7(12)5-10(9)15-11/h3-5,8H,2,6,13H2,1H3,(H,14,15). The Kier molecular flexibility index (Phi) is 3.46. The van der Waals surface area contributed by atoms with Crippen LogP contribution in [0.4, 0.5) is 4.39 Å². The largest absolute Gasteiger partial charge is 0.333 e. The molecule has 0 amide bonds. The second-order valence-electron chi connectivity index (χ2n) is 3.68. The molecule has 0 aliphatic carbocycles. The normalized spacial score (nSPS) is 13.2. The Labute approximate surface area is 97.6 Å². The van der Waals surface area contributed by atoms with E-state index >= 15 is 0 Å². The molecule has 0 aliphatic rings. The zero-order chi connectivity index (χ0) is 11.5. The fourth-order valence-corrected chi connectivity index (χ4v) is 2.28. The third kappa shape index (κ3) is 2.54. The van der Waals surface area contributed by atoms with Gasteiger partial charge in [0.1, 0.15) is 5.82 Å². The zero-order valence-corrected chi connectivity index (χ0v) is 9.85. The van der Waals surface area contributed by atoms with E-state index in [9.17, 15) is 4.39 Å². The van der Waals surface area contributed by atoms with Gasteiger partial charge in [-0.05, 0) is 24.6 Å². The van der Waals surface area contributed by atoms with Gasteiger partial charge in [-0.25, -0.2) is 9.37 Å². The van der Waals surface area contributed by atoms with Crippen LogP contribution in [0.2, 0.25) is 0 Å². The first kappa shape index (κ1) is 11.4. The number of hydrogen-bond donors (Lipinski definition) is 2. The summed E-state index contributed by atoms with van der Waals surface area (Å²) in [5.74, 6) is 0.566. The highest BCUT2D eigenvalue weighted by atomic mass is 32.2. The number of rotatable bonds is 4. The molecule has 3 nitrogen and oxygen atoms in total. The lowest BCUT2D eigenvalue weighted by Gasteiger charge is -2.04. The SMILES string of the molecule is CCC(N)CSc1nc2ccc(F)cc2[nH]1. The topological polar surface area (TPSA) is 54.7 Å². The minimum Gasteiger partial charge on any atom is -0.333 e. The minimum absolute atomic E-state index is 0.176. The van der Waals surface area contributed by atoms with Crippen LogP contribution in [0, 0.1) is 5.82 Å². The van der Waals surface area contributed by atoms with E-state index in [1.807, 2.05) is 0 Å². The summed E-state index contributed by atoms with van der Waals surface area (Å²) in [4.78, 5) is 7.42. The maximum absolute atomic E-state index is 12.9. The third-order valence-corrected chi connectivity index (χ3v) is 3.44. The Hall–Kier alpha value is -1.07. The molecule has 1 aromatic carbocycles. The van der Waals surface area contributed by atoms with Crippen molar-refractivity contribution in [1.29, 1.82) is 0 Å². The van der Waals surface area contributed by atoms with E-state index in [0.29, 0.717) is 0 Å². The molecule has 0 aliphatic heterocycles. The van der Waals surface area contributed by atoms with Gasteiger partial charge in [0, 0.05) is 11.8 Å². The summed E-state index contributed by atoms with van der Waals surface area (Å²) in [6.07, 6.45) is 0.946.